The summed E-state index contributed by atoms with van der Waals surface area (Å²) in [6.45, 7) is 2.13. The van der Waals surface area contributed by atoms with Crippen LogP contribution < -0.4 is 16.6 Å². The van der Waals surface area contributed by atoms with Crippen molar-refractivity contribution in [3.05, 3.63) is 116 Å². The Hall–Kier alpha value is -3.93. The molecule has 0 bridgehead atoms. The SMILES string of the molecule is CC(CCc1ccccc1)NC(=O)c1ccc(Cn2c(=O)[nH]c3ccccc3c2=O)cc1. The molecule has 0 spiro atoms. The number of benzene rings is 3. The third-order valence-corrected chi connectivity index (χ3v) is 5.53. The molecule has 1 unspecified atom stereocenters. The number of nitrogens with one attached hydrogen (secondary N) is 2. The standard InChI is InChI=1S/C26H25N3O3/c1-18(11-12-19-7-3-2-4-8-19)27-24(30)21-15-13-20(14-16-21)17-29-25(31)22-9-5-6-10-23(22)28-26(29)32/h2-10,13-16,18H,11-12,17H2,1H3,(H,27,30)(H,28,32). The molecule has 2 N–H and O–H groups in total. The van der Waals surface area contributed by atoms with E-state index in [-0.39, 0.29) is 24.1 Å². The molecule has 0 saturated carbocycles. The highest BCUT2D eigenvalue weighted by atomic mass is 16.2. The van der Waals surface area contributed by atoms with Crippen LogP contribution in [0.15, 0.2) is 88.5 Å². The van der Waals surface area contributed by atoms with Crippen molar-refractivity contribution in [3.8, 4) is 0 Å². The van der Waals surface area contributed by atoms with E-state index in [2.05, 4.69) is 22.4 Å². The summed E-state index contributed by atoms with van der Waals surface area (Å²) in [7, 11) is 0. The lowest BCUT2D eigenvalue weighted by atomic mass is 10.1. The van der Waals surface area contributed by atoms with E-state index >= 15 is 0 Å². The van der Waals surface area contributed by atoms with E-state index in [4.69, 9.17) is 0 Å². The number of amides is 1. The normalized spacial score (nSPS) is 11.9. The maximum atomic E-state index is 12.7. The second-order valence-electron chi connectivity index (χ2n) is 7.96. The van der Waals surface area contributed by atoms with Gasteiger partial charge in [0.15, 0.2) is 0 Å². The molecule has 162 valence electrons. The Labute approximate surface area is 185 Å². The van der Waals surface area contributed by atoms with Gasteiger partial charge in [-0.3, -0.25) is 14.2 Å². The van der Waals surface area contributed by atoms with Gasteiger partial charge in [0.1, 0.15) is 0 Å². The first-order valence-corrected chi connectivity index (χ1v) is 10.7. The lowest BCUT2D eigenvalue weighted by Crippen LogP contribution is -2.35. The number of carbonyl (C=O) groups is 1. The summed E-state index contributed by atoms with van der Waals surface area (Å²) in [5, 5.41) is 3.49. The van der Waals surface area contributed by atoms with Gasteiger partial charge in [0.05, 0.1) is 17.4 Å². The lowest BCUT2D eigenvalue weighted by molar-refractivity contribution is 0.0938. The molecule has 4 rings (SSSR count). The predicted octanol–water partition coefficient (Wildman–Crippen LogP) is 3.49. The quantitative estimate of drug-likeness (QED) is 0.474. The summed E-state index contributed by atoms with van der Waals surface area (Å²) < 4.78 is 1.17. The van der Waals surface area contributed by atoms with Crippen LogP contribution in [-0.2, 0) is 13.0 Å². The van der Waals surface area contributed by atoms with Crippen molar-refractivity contribution >= 4 is 16.8 Å². The summed E-state index contributed by atoms with van der Waals surface area (Å²) in [6, 6.07) is 24.1. The number of aromatic amines is 1. The largest absolute Gasteiger partial charge is 0.350 e. The Bertz CT molecular complexity index is 1340. The van der Waals surface area contributed by atoms with E-state index in [1.807, 2.05) is 25.1 Å². The van der Waals surface area contributed by atoms with Crippen molar-refractivity contribution < 1.29 is 4.79 Å². The molecular weight excluding hydrogens is 402 g/mol. The smallest absolute Gasteiger partial charge is 0.329 e. The number of hydrogen-bond acceptors (Lipinski definition) is 3. The minimum Gasteiger partial charge on any atom is -0.350 e. The zero-order valence-corrected chi connectivity index (χ0v) is 17.9. The average Bonchev–Trinajstić information content (AvgIpc) is 2.81. The fourth-order valence-corrected chi connectivity index (χ4v) is 3.69. The molecule has 0 radical (unpaired) electrons. The third-order valence-electron chi connectivity index (χ3n) is 5.53. The van der Waals surface area contributed by atoms with E-state index in [9.17, 15) is 14.4 Å². The molecular formula is C26H25N3O3. The molecule has 6 nitrogen and oxygen atoms in total. The Balaban J connectivity index is 1.41. The van der Waals surface area contributed by atoms with E-state index in [1.165, 1.54) is 10.1 Å². The zero-order chi connectivity index (χ0) is 22.5. The van der Waals surface area contributed by atoms with Crippen LogP contribution >= 0.6 is 0 Å². The molecule has 1 aromatic heterocycles. The molecule has 0 fully saturated rings. The number of hydrogen-bond donors (Lipinski definition) is 2. The van der Waals surface area contributed by atoms with Crippen LogP contribution in [0.2, 0.25) is 0 Å². The number of rotatable bonds is 7. The van der Waals surface area contributed by atoms with Gasteiger partial charge in [-0.1, -0.05) is 54.6 Å². The molecule has 4 aromatic rings. The van der Waals surface area contributed by atoms with E-state index < -0.39 is 5.69 Å². The summed E-state index contributed by atoms with van der Waals surface area (Å²) >= 11 is 0. The van der Waals surface area contributed by atoms with Gasteiger partial charge in [0, 0.05) is 11.6 Å². The first-order chi connectivity index (χ1) is 15.5. The Kier molecular flexibility index (Phi) is 6.31. The molecule has 3 aromatic carbocycles. The molecule has 0 aliphatic rings. The highest BCUT2D eigenvalue weighted by molar-refractivity contribution is 5.94. The van der Waals surface area contributed by atoms with Gasteiger partial charge in [-0.15, -0.1) is 0 Å². The van der Waals surface area contributed by atoms with Crippen molar-refractivity contribution in [1.29, 1.82) is 0 Å². The molecule has 1 amide bonds. The minimum absolute atomic E-state index is 0.0390. The van der Waals surface area contributed by atoms with Crippen LogP contribution in [-0.4, -0.2) is 21.5 Å². The fraction of sp³-hybridized carbons (Fsp3) is 0.192. The maximum absolute atomic E-state index is 12.7. The molecule has 0 aliphatic carbocycles. The van der Waals surface area contributed by atoms with Gasteiger partial charge in [-0.2, -0.15) is 0 Å². The number of aryl methyl sites for hydroxylation is 1. The topological polar surface area (TPSA) is 84.0 Å². The van der Waals surface area contributed by atoms with Gasteiger partial charge in [-0.25, -0.2) is 4.79 Å². The van der Waals surface area contributed by atoms with Crippen LogP contribution in [0.3, 0.4) is 0 Å². The van der Waals surface area contributed by atoms with Crippen molar-refractivity contribution in [2.45, 2.75) is 32.4 Å². The molecule has 1 atom stereocenters. The van der Waals surface area contributed by atoms with E-state index in [1.54, 1.807) is 48.5 Å². The van der Waals surface area contributed by atoms with Crippen molar-refractivity contribution in [2.75, 3.05) is 0 Å². The van der Waals surface area contributed by atoms with Crippen LogP contribution in [0.5, 0.6) is 0 Å². The highest BCUT2D eigenvalue weighted by Crippen LogP contribution is 2.09. The van der Waals surface area contributed by atoms with Gasteiger partial charge in [0.25, 0.3) is 11.5 Å². The lowest BCUT2D eigenvalue weighted by Gasteiger charge is -2.14. The van der Waals surface area contributed by atoms with Crippen molar-refractivity contribution in [2.24, 2.45) is 0 Å². The van der Waals surface area contributed by atoms with Crippen molar-refractivity contribution in [1.82, 2.24) is 14.9 Å². The fourth-order valence-electron chi connectivity index (χ4n) is 3.69. The molecule has 32 heavy (non-hydrogen) atoms. The summed E-state index contributed by atoms with van der Waals surface area (Å²) in [5.74, 6) is -0.141. The van der Waals surface area contributed by atoms with Crippen LogP contribution in [0, 0.1) is 0 Å². The Morgan fingerprint density at radius 1 is 0.906 bits per heavy atom. The average molecular weight is 428 g/mol. The van der Waals surface area contributed by atoms with Gasteiger partial charge >= 0.3 is 5.69 Å². The summed E-state index contributed by atoms with van der Waals surface area (Å²) in [6.07, 6.45) is 1.75. The number of aromatic nitrogens is 2. The molecule has 0 aliphatic heterocycles. The van der Waals surface area contributed by atoms with Gasteiger partial charge in [-0.05, 0) is 55.2 Å². The summed E-state index contributed by atoms with van der Waals surface area (Å²) in [5.41, 5.74) is 2.28. The summed E-state index contributed by atoms with van der Waals surface area (Å²) in [4.78, 5) is 40.4. The number of para-hydroxylation sites is 1. The molecule has 0 saturated heterocycles. The van der Waals surface area contributed by atoms with E-state index in [0.717, 1.165) is 18.4 Å². The second-order valence-corrected chi connectivity index (χ2v) is 7.96. The third kappa shape index (κ3) is 4.86. The molecule has 1 heterocycles. The Morgan fingerprint density at radius 3 is 2.34 bits per heavy atom. The van der Waals surface area contributed by atoms with Gasteiger partial charge in [0.2, 0.25) is 0 Å². The predicted molar refractivity (Wildman–Crippen MR) is 126 cm³/mol. The van der Waals surface area contributed by atoms with Crippen LogP contribution in [0.4, 0.5) is 0 Å². The number of H-pyrrole nitrogens is 1. The van der Waals surface area contributed by atoms with Crippen LogP contribution in [0.1, 0.15) is 34.8 Å². The molecule has 6 heteroatoms. The first kappa shape index (κ1) is 21.3. The highest BCUT2D eigenvalue weighted by Gasteiger charge is 2.11. The zero-order valence-electron chi connectivity index (χ0n) is 17.9. The first-order valence-electron chi connectivity index (χ1n) is 10.7. The minimum atomic E-state index is -0.456. The van der Waals surface area contributed by atoms with Gasteiger partial charge < -0.3 is 10.3 Å². The monoisotopic (exact) mass is 427 g/mol. The van der Waals surface area contributed by atoms with E-state index in [0.29, 0.717) is 16.5 Å². The van der Waals surface area contributed by atoms with Crippen LogP contribution in [0.25, 0.3) is 10.9 Å². The second kappa shape index (κ2) is 9.47. The number of nitrogens with zero attached hydrogens (tertiary/aromatic N) is 1. The number of fused-ring (bicyclic) bond motifs is 1. The Morgan fingerprint density at radius 2 is 1.59 bits per heavy atom. The maximum Gasteiger partial charge on any atom is 0.329 e. The number of carbonyl (C=O) groups excluding carboxylic acids is 1. The van der Waals surface area contributed by atoms with Crippen molar-refractivity contribution in [3.63, 3.8) is 0 Å².